The topological polar surface area (TPSA) is 28.7 Å². The van der Waals surface area contributed by atoms with Gasteiger partial charge < -0.3 is 0 Å². The average Bonchev–Trinajstić information content (AvgIpc) is 2.82. The van der Waals surface area contributed by atoms with Crippen LogP contribution in [0.1, 0.15) is 75.7 Å². The smallest absolute Gasteiger partial charge is 0.0697 e. The number of fused-ring (bicyclic) bond motifs is 1. The Kier molecular flexibility index (Phi) is 5.68. The first-order valence-electron chi connectivity index (χ1n) is 8.09. The molecule has 2 rings (SSSR count). The summed E-state index contributed by atoms with van der Waals surface area (Å²) in [7, 11) is 0. The fourth-order valence-corrected chi connectivity index (χ4v) is 2.93. The van der Waals surface area contributed by atoms with Crippen LogP contribution in [0.2, 0.25) is 0 Å². The van der Waals surface area contributed by atoms with Gasteiger partial charge in [-0.25, -0.2) is 0 Å². The fourth-order valence-electron chi connectivity index (χ4n) is 2.93. The van der Waals surface area contributed by atoms with E-state index in [1.807, 2.05) is 0 Å². The third-order valence-corrected chi connectivity index (χ3v) is 4.16. The highest BCUT2D eigenvalue weighted by Crippen LogP contribution is 2.27. The average molecular weight is 260 g/mol. The molecule has 0 aromatic carbocycles. The molecule has 106 valence electrons. The molecule has 1 aliphatic carbocycles. The molecule has 1 aromatic heterocycles. The standard InChI is InChI=1S/C17H28N2/c1-3-5-7-9-14-11-12-15-16(10-8-6-4-2)18-19-17(15)13-14/h11-12,14H,3-10,13H2,1-2H3,(H,18,19). The van der Waals surface area contributed by atoms with E-state index in [0.29, 0.717) is 0 Å². The van der Waals surface area contributed by atoms with E-state index in [4.69, 9.17) is 0 Å². The van der Waals surface area contributed by atoms with E-state index >= 15 is 0 Å². The molecule has 0 saturated carbocycles. The van der Waals surface area contributed by atoms with Gasteiger partial charge in [0.25, 0.3) is 0 Å². The lowest BCUT2D eigenvalue weighted by Gasteiger charge is -2.16. The summed E-state index contributed by atoms with van der Waals surface area (Å²) in [6, 6.07) is 0. The lowest BCUT2D eigenvalue weighted by Crippen LogP contribution is -2.07. The first-order chi connectivity index (χ1) is 9.35. The Morgan fingerprint density at radius 3 is 2.74 bits per heavy atom. The number of H-pyrrole nitrogens is 1. The minimum Gasteiger partial charge on any atom is -0.282 e. The minimum atomic E-state index is 0.725. The molecule has 0 bridgehead atoms. The number of nitrogens with zero attached hydrogens (tertiary/aromatic N) is 1. The van der Waals surface area contributed by atoms with Crippen molar-refractivity contribution in [3.63, 3.8) is 0 Å². The number of hydrogen-bond donors (Lipinski definition) is 1. The van der Waals surface area contributed by atoms with Gasteiger partial charge in [0.1, 0.15) is 0 Å². The highest BCUT2D eigenvalue weighted by atomic mass is 15.1. The predicted molar refractivity (Wildman–Crippen MR) is 82.2 cm³/mol. The van der Waals surface area contributed by atoms with Gasteiger partial charge in [-0.05, 0) is 31.6 Å². The molecule has 0 saturated heterocycles. The van der Waals surface area contributed by atoms with Crippen molar-refractivity contribution in [2.24, 2.45) is 5.92 Å². The fraction of sp³-hybridized carbons (Fsp3) is 0.706. The summed E-state index contributed by atoms with van der Waals surface area (Å²) >= 11 is 0. The second kappa shape index (κ2) is 7.52. The van der Waals surface area contributed by atoms with Gasteiger partial charge in [-0.15, -0.1) is 0 Å². The van der Waals surface area contributed by atoms with Crippen LogP contribution in [0.25, 0.3) is 6.08 Å². The Labute approximate surface area is 117 Å². The van der Waals surface area contributed by atoms with Crippen molar-refractivity contribution in [2.45, 2.75) is 71.6 Å². The third-order valence-electron chi connectivity index (χ3n) is 4.16. The van der Waals surface area contributed by atoms with Crippen molar-refractivity contribution in [1.29, 1.82) is 0 Å². The quantitative estimate of drug-likeness (QED) is 0.661. The summed E-state index contributed by atoms with van der Waals surface area (Å²) in [6.07, 6.45) is 16.2. The zero-order valence-corrected chi connectivity index (χ0v) is 12.5. The molecule has 0 spiro atoms. The summed E-state index contributed by atoms with van der Waals surface area (Å²) in [4.78, 5) is 0. The Balaban J connectivity index is 1.89. The van der Waals surface area contributed by atoms with Crippen LogP contribution in [-0.2, 0) is 12.8 Å². The number of unbranched alkanes of at least 4 members (excludes halogenated alkanes) is 4. The van der Waals surface area contributed by atoms with Gasteiger partial charge in [0, 0.05) is 11.3 Å². The summed E-state index contributed by atoms with van der Waals surface area (Å²) in [5.74, 6) is 0.725. The zero-order chi connectivity index (χ0) is 13.5. The highest BCUT2D eigenvalue weighted by molar-refractivity contribution is 5.57. The van der Waals surface area contributed by atoms with Crippen molar-refractivity contribution < 1.29 is 0 Å². The predicted octanol–water partition coefficient (Wildman–Crippen LogP) is 4.91. The van der Waals surface area contributed by atoms with Crippen LogP contribution < -0.4 is 0 Å². The number of hydrogen-bond acceptors (Lipinski definition) is 1. The van der Waals surface area contributed by atoms with Crippen LogP contribution in [0.5, 0.6) is 0 Å². The molecular weight excluding hydrogens is 232 g/mol. The maximum Gasteiger partial charge on any atom is 0.0697 e. The molecule has 1 aliphatic rings. The number of aromatic amines is 1. The molecule has 1 N–H and O–H groups in total. The van der Waals surface area contributed by atoms with E-state index in [-0.39, 0.29) is 0 Å². The second-order valence-corrected chi connectivity index (χ2v) is 5.84. The SMILES string of the molecule is CCCCCc1n[nH]c2c1C=CC(CCCCC)C2. The largest absolute Gasteiger partial charge is 0.282 e. The Bertz CT molecular complexity index is 403. The number of rotatable bonds is 8. The highest BCUT2D eigenvalue weighted by Gasteiger charge is 2.18. The van der Waals surface area contributed by atoms with E-state index in [2.05, 4.69) is 36.2 Å². The maximum atomic E-state index is 4.52. The maximum absolute atomic E-state index is 4.52. The molecule has 0 fully saturated rings. The van der Waals surface area contributed by atoms with Gasteiger partial charge in [0.2, 0.25) is 0 Å². The molecule has 1 aromatic rings. The van der Waals surface area contributed by atoms with Gasteiger partial charge in [-0.1, -0.05) is 58.1 Å². The Morgan fingerprint density at radius 1 is 1.16 bits per heavy atom. The molecule has 19 heavy (non-hydrogen) atoms. The molecule has 0 aliphatic heterocycles. The third kappa shape index (κ3) is 3.95. The lowest BCUT2D eigenvalue weighted by atomic mass is 9.89. The van der Waals surface area contributed by atoms with Crippen molar-refractivity contribution >= 4 is 6.08 Å². The summed E-state index contributed by atoms with van der Waals surface area (Å²) < 4.78 is 0. The van der Waals surface area contributed by atoms with Crippen LogP contribution in [0.15, 0.2) is 6.08 Å². The molecule has 0 radical (unpaired) electrons. The summed E-state index contributed by atoms with van der Waals surface area (Å²) in [6.45, 7) is 4.52. The molecular formula is C17H28N2. The Hall–Kier alpha value is -1.05. The van der Waals surface area contributed by atoms with E-state index in [1.54, 1.807) is 0 Å². The van der Waals surface area contributed by atoms with E-state index in [9.17, 15) is 0 Å². The molecule has 1 unspecified atom stereocenters. The number of nitrogens with one attached hydrogen (secondary N) is 1. The van der Waals surface area contributed by atoms with E-state index in [0.717, 1.165) is 18.8 Å². The van der Waals surface area contributed by atoms with Gasteiger partial charge in [-0.3, -0.25) is 5.10 Å². The van der Waals surface area contributed by atoms with Crippen LogP contribution >= 0.6 is 0 Å². The van der Waals surface area contributed by atoms with Crippen LogP contribution in [0.4, 0.5) is 0 Å². The molecule has 1 atom stereocenters. The van der Waals surface area contributed by atoms with Crippen molar-refractivity contribution in [1.82, 2.24) is 10.2 Å². The van der Waals surface area contributed by atoms with E-state index < -0.39 is 0 Å². The normalized spacial score (nSPS) is 17.7. The molecule has 1 heterocycles. The lowest BCUT2D eigenvalue weighted by molar-refractivity contribution is 0.530. The van der Waals surface area contributed by atoms with Crippen LogP contribution in [-0.4, -0.2) is 10.2 Å². The van der Waals surface area contributed by atoms with Gasteiger partial charge >= 0.3 is 0 Å². The number of allylic oxidation sites excluding steroid dienone is 1. The Morgan fingerprint density at radius 2 is 1.95 bits per heavy atom. The van der Waals surface area contributed by atoms with Crippen LogP contribution in [0, 0.1) is 5.92 Å². The monoisotopic (exact) mass is 260 g/mol. The van der Waals surface area contributed by atoms with Crippen molar-refractivity contribution in [2.75, 3.05) is 0 Å². The first-order valence-corrected chi connectivity index (χ1v) is 8.09. The van der Waals surface area contributed by atoms with Gasteiger partial charge in [0.05, 0.1) is 5.69 Å². The van der Waals surface area contributed by atoms with E-state index in [1.165, 1.54) is 61.9 Å². The summed E-state index contributed by atoms with van der Waals surface area (Å²) in [5.41, 5.74) is 4.05. The van der Waals surface area contributed by atoms with Gasteiger partial charge in [0.15, 0.2) is 0 Å². The summed E-state index contributed by atoms with van der Waals surface area (Å²) in [5, 5.41) is 7.80. The zero-order valence-electron chi connectivity index (χ0n) is 12.5. The first kappa shape index (κ1) is 14.4. The number of aryl methyl sites for hydroxylation is 1. The molecule has 2 nitrogen and oxygen atoms in total. The van der Waals surface area contributed by atoms with Gasteiger partial charge in [-0.2, -0.15) is 5.10 Å². The minimum absolute atomic E-state index is 0.725. The molecule has 0 amide bonds. The van der Waals surface area contributed by atoms with Crippen LogP contribution in [0.3, 0.4) is 0 Å². The number of aromatic nitrogens is 2. The van der Waals surface area contributed by atoms with Crippen molar-refractivity contribution in [3.8, 4) is 0 Å². The second-order valence-electron chi connectivity index (χ2n) is 5.84. The molecule has 2 heteroatoms. The van der Waals surface area contributed by atoms with Crippen molar-refractivity contribution in [3.05, 3.63) is 23.0 Å².